The Kier molecular flexibility index (Phi) is 5.36. The summed E-state index contributed by atoms with van der Waals surface area (Å²) >= 11 is 1.12. The molecule has 0 N–H and O–H groups in total. The van der Waals surface area contributed by atoms with Crippen molar-refractivity contribution in [3.8, 4) is 0 Å². The minimum absolute atomic E-state index is 0.111. The summed E-state index contributed by atoms with van der Waals surface area (Å²) in [5, 5.41) is -0.249. The smallest absolute Gasteiger partial charge is 0.257 e. The monoisotopic (exact) mass is 408 g/mol. The average Bonchev–Trinajstić information content (AvgIpc) is 3.02. The van der Waals surface area contributed by atoms with Crippen LogP contribution >= 0.6 is 11.8 Å². The first kappa shape index (κ1) is 19.5. The molecule has 0 aliphatic heterocycles. The van der Waals surface area contributed by atoms with Gasteiger partial charge in [-0.3, -0.25) is 4.79 Å². The average molecular weight is 408 g/mol. The number of nitrogens with zero attached hydrogens (tertiary/aromatic N) is 2. The van der Waals surface area contributed by atoms with Crippen LogP contribution in [0.25, 0.3) is 11.1 Å². The van der Waals surface area contributed by atoms with Gasteiger partial charge in [0, 0.05) is 19.7 Å². The number of ketones is 1. The third-order valence-electron chi connectivity index (χ3n) is 3.89. The first-order chi connectivity index (χ1) is 12.7. The van der Waals surface area contributed by atoms with Crippen LogP contribution in [0.2, 0.25) is 0 Å². The molecule has 1 heterocycles. The van der Waals surface area contributed by atoms with E-state index in [4.69, 9.17) is 4.42 Å². The number of Topliss-reactive ketones (excluding diaryl/α,β-unsaturated/α-hetero) is 1. The van der Waals surface area contributed by atoms with Crippen LogP contribution in [-0.4, -0.2) is 42.8 Å². The van der Waals surface area contributed by atoms with E-state index in [2.05, 4.69) is 4.98 Å². The molecule has 27 heavy (non-hydrogen) atoms. The minimum Gasteiger partial charge on any atom is -0.431 e. The van der Waals surface area contributed by atoms with Crippen molar-refractivity contribution in [2.45, 2.75) is 22.3 Å². The number of oxazole rings is 1. The molecule has 0 unspecified atom stereocenters. The fourth-order valence-corrected chi connectivity index (χ4v) is 4.12. The van der Waals surface area contributed by atoms with Crippen molar-refractivity contribution in [2.75, 3.05) is 14.1 Å². The van der Waals surface area contributed by atoms with Crippen molar-refractivity contribution in [3.63, 3.8) is 0 Å². The topological polar surface area (TPSA) is 80.5 Å². The molecule has 0 aliphatic rings. The molecule has 3 aromatic rings. The first-order valence-corrected chi connectivity index (χ1v) is 10.3. The number of thioether (sulfide) groups is 1. The number of hydrogen-bond donors (Lipinski definition) is 0. The zero-order valence-corrected chi connectivity index (χ0v) is 16.5. The molecule has 3 rings (SSSR count). The molecule has 9 heteroatoms. The molecule has 2 aromatic carbocycles. The molecule has 0 fully saturated rings. The maximum Gasteiger partial charge on any atom is 0.257 e. The molecule has 1 atom stereocenters. The number of hydrogen-bond acceptors (Lipinski definition) is 6. The van der Waals surface area contributed by atoms with Crippen LogP contribution in [0.15, 0.2) is 57.0 Å². The van der Waals surface area contributed by atoms with Crippen LogP contribution in [0.1, 0.15) is 17.3 Å². The largest absolute Gasteiger partial charge is 0.431 e. The van der Waals surface area contributed by atoms with E-state index >= 15 is 0 Å². The van der Waals surface area contributed by atoms with Crippen LogP contribution < -0.4 is 0 Å². The van der Waals surface area contributed by atoms with Crippen molar-refractivity contribution in [1.29, 1.82) is 0 Å². The van der Waals surface area contributed by atoms with Gasteiger partial charge < -0.3 is 4.42 Å². The summed E-state index contributed by atoms with van der Waals surface area (Å²) in [7, 11) is -0.674. The van der Waals surface area contributed by atoms with Crippen molar-refractivity contribution in [2.24, 2.45) is 0 Å². The molecule has 0 spiro atoms. The number of sulfonamides is 1. The van der Waals surface area contributed by atoms with Crippen molar-refractivity contribution >= 4 is 38.7 Å². The highest BCUT2D eigenvalue weighted by Gasteiger charge is 2.22. The summed E-state index contributed by atoms with van der Waals surface area (Å²) in [6.07, 6.45) is 0. The lowest BCUT2D eigenvalue weighted by molar-refractivity contribution is 0.0993. The predicted octanol–water partition coefficient (Wildman–Crippen LogP) is 3.58. The van der Waals surface area contributed by atoms with Gasteiger partial charge in [-0.25, -0.2) is 22.1 Å². The Morgan fingerprint density at radius 1 is 1.19 bits per heavy atom. The van der Waals surface area contributed by atoms with Crippen LogP contribution in [0, 0.1) is 5.82 Å². The van der Waals surface area contributed by atoms with E-state index in [0.29, 0.717) is 16.7 Å². The summed E-state index contributed by atoms with van der Waals surface area (Å²) in [4.78, 5) is 16.8. The van der Waals surface area contributed by atoms with Crippen molar-refractivity contribution in [3.05, 3.63) is 53.8 Å². The Hall–Kier alpha value is -2.23. The summed E-state index contributed by atoms with van der Waals surface area (Å²) in [6, 6.07) is 9.75. The SMILES string of the molecule is C[C@@H](Sc1nc2cc(S(=O)(=O)N(C)C)ccc2o1)C(=O)c1ccc(F)cc1. The van der Waals surface area contributed by atoms with Gasteiger partial charge in [-0.2, -0.15) is 0 Å². The molecule has 0 saturated carbocycles. The Morgan fingerprint density at radius 2 is 1.85 bits per heavy atom. The maximum atomic E-state index is 13.0. The Bertz CT molecular complexity index is 1090. The molecule has 1 aromatic heterocycles. The van der Waals surface area contributed by atoms with Gasteiger partial charge in [-0.05, 0) is 49.4 Å². The third kappa shape index (κ3) is 4.05. The molecular formula is C18H17FN2O4S2. The van der Waals surface area contributed by atoms with E-state index in [1.54, 1.807) is 6.92 Å². The molecule has 0 bridgehead atoms. The standard InChI is InChI=1S/C18H17FN2O4S2/c1-11(17(22)12-4-6-13(19)7-5-12)26-18-20-15-10-14(8-9-16(15)25-18)27(23,24)21(2)3/h4-11H,1-3H3/t11-/m1/s1. The van der Waals surface area contributed by atoms with E-state index in [9.17, 15) is 17.6 Å². The van der Waals surface area contributed by atoms with Crippen LogP contribution in [0.3, 0.4) is 0 Å². The molecule has 142 valence electrons. The Morgan fingerprint density at radius 3 is 2.48 bits per heavy atom. The fourth-order valence-electron chi connectivity index (χ4n) is 2.36. The lowest BCUT2D eigenvalue weighted by atomic mass is 10.1. The Labute approximate surface area is 160 Å². The quantitative estimate of drug-likeness (QED) is 0.458. The van der Waals surface area contributed by atoms with Gasteiger partial charge in [-0.1, -0.05) is 11.8 Å². The zero-order chi connectivity index (χ0) is 19.8. The highest BCUT2D eigenvalue weighted by atomic mass is 32.2. The minimum atomic E-state index is -3.58. The number of halogens is 1. The highest BCUT2D eigenvalue weighted by Crippen LogP contribution is 2.29. The van der Waals surface area contributed by atoms with E-state index < -0.39 is 21.1 Å². The van der Waals surface area contributed by atoms with Crippen molar-refractivity contribution in [1.82, 2.24) is 9.29 Å². The van der Waals surface area contributed by atoms with Gasteiger partial charge in [0.1, 0.15) is 11.3 Å². The fraction of sp³-hybridized carbons (Fsp3) is 0.222. The van der Waals surface area contributed by atoms with E-state index in [1.807, 2.05) is 0 Å². The van der Waals surface area contributed by atoms with Gasteiger partial charge in [0.15, 0.2) is 11.4 Å². The third-order valence-corrected chi connectivity index (χ3v) is 6.65. The lowest BCUT2D eigenvalue weighted by Gasteiger charge is -2.10. The summed E-state index contributed by atoms with van der Waals surface area (Å²) < 4.78 is 44.2. The van der Waals surface area contributed by atoms with Gasteiger partial charge in [-0.15, -0.1) is 0 Å². The number of carbonyl (C=O) groups is 1. The number of fused-ring (bicyclic) bond motifs is 1. The van der Waals surface area contributed by atoms with Crippen LogP contribution in [0.4, 0.5) is 4.39 Å². The normalized spacial score (nSPS) is 13.2. The van der Waals surface area contributed by atoms with Crippen LogP contribution in [-0.2, 0) is 10.0 Å². The molecule has 0 aliphatic carbocycles. The zero-order valence-electron chi connectivity index (χ0n) is 14.8. The number of benzene rings is 2. The van der Waals surface area contributed by atoms with Gasteiger partial charge in [0.25, 0.3) is 5.22 Å². The number of carbonyl (C=O) groups excluding carboxylic acids is 1. The van der Waals surface area contributed by atoms with E-state index in [-0.39, 0.29) is 15.9 Å². The second-order valence-corrected chi connectivity index (χ2v) is 9.47. The Balaban J connectivity index is 1.83. The molecule has 0 radical (unpaired) electrons. The summed E-state index contributed by atoms with van der Waals surface area (Å²) in [5.74, 6) is -0.590. The molecule has 0 amide bonds. The highest BCUT2D eigenvalue weighted by molar-refractivity contribution is 8.00. The van der Waals surface area contributed by atoms with Gasteiger partial charge in [0.05, 0.1) is 10.1 Å². The van der Waals surface area contributed by atoms with Crippen LogP contribution in [0.5, 0.6) is 0 Å². The molecular weight excluding hydrogens is 391 g/mol. The van der Waals surface area contributed by atoms with Crippen molar-refractivity contribution < 1.29 is 22.0 Å². The second-order valence-electron chi connectivity index (χ2n) is 6.03. The van der Waals surface area contributed by atoms with Gasteiger partial charge >= 0.3 is 0 Å². The first-order valence-electron chi connectivity index (χ1n) is 7.98. The van der Waals surface area contributed by atoms with Gasteiger partial charge in [0.2, 0.25) is 10.0 Å². The molecule has 6 nitrogen and oxygen atoms in total. The lowest BCUT2D eigenvalue weighted by Crippen LogP contribution is -2.22. The predicted molar refractivity (Wildman–Crippen MR) is 101 cm³/mol. The summed E-state index contributed by atoms with van der Waals surface area (Å²) in [5.41, 5.74) is 1.21. The van der Waals surface area contributed by atoms with E-state index in [0.717, 1.165) is 16.1 Å². The number of aromatic nitrogens is 1. The van der Waals surface area contributed by atoms with E-state index in [1.165, 1.54) is 56.6 Å². The molecule has 0 saturated heterocycles. The maximum absolute atomic E-state index is 13.0. The summed E-state index contributed by atoms with van der Waals surface area (Å²) in [6.45, 7) is 1.70. The second kappa shape index (κ2) is 7.41. The number of rotatable bonds is 6.